The molecule has 6 aliphatic rings. The molecule has 5 amide bonds. The van der Waals surface area contributed by atoms with E-state index in [1.165, 1.54) is 34.9 Å². The van der Waals surface area contributed by atoms with Gasteiger partial charge in [0.1, 0.15) is 18.2 Å². The lowest BCUT2D eigenvalue weighted by atomic mass is 9.77. The van der Waals surface area contributed by atoms with Gasteiger partial charge in [0.25, 0.3) is 0 Å². The van der Waals surface area contributed by atoms with Gasteiger partial charge in [0.15, 0.2) is 17.2 Å². The number of likely N-dealkylation sites (tertiary alicyclic amines) is 2. The van der Waals surface area contributed by atoms with Crippen LogP contribution in [0, 0.1) is 17.6 Å². The fourth-order valence-corrected chi connectivity index (χ4v) is 13.0. The lowest BCUT2D eigenvalue weighted by Crippen LogP contribution is -2.51. The fraction of sp³-hybridized carbons (Fsp3) is 0.491. The van der Waals surface area contributed by atoms with Gasteiger partial charge in [-0.2, -0.15) is 0 Å². The average Bonchev–Trinajstić information content (AvgIpc) is 3.93. The molecule has 4 aromatic rings. The first-order valence-electron chi connectivity index (χ1n) is 25.5. The van der Waals surface area contributed by atoms with Gasteiger partial charge in [-0.1, -0.05) is 67.1 Å². The third kappa shape index (κ3) is 9.39. The Morgan fingerprint density at radius 2 is 1.65 bits per heavy atom. The van der Waals surface area contributed by atoms with Crippen LogP contribution in [-0.4, -0.2) is 108 Å². The number of halogens is 3. The van der Waals surface area contributed by atoms with Crippen LogP contribution in [0.2, 0.25) is 5.02 Å². The van der Waals surface area contributed by atoms with Crippen molar-refractivity contribution in [1.82, 2.24) is 25.3 Å². The van der Waals surface area contributed by atoms with E-state index in [0.29, 0.717) is 37.0 Å². The van der Waals surface area contributed by atoms with Gasteiger partial charge < -0.3 is 40.3 Å². The Kier molecular flexibility index (Phi) is 14.1. The summed E-state index contributed by atoms with van der Waals surface area (Å²) in [4.78, 5) is 57.6. The minimum Gasteiger partial charge on any atom is -0.488 e. The van der Waals surface area contributed by atoms with Crippen LogP contribution in [0.4, 0.5) is 13.6 Å². The summed E-state index contributed by atoms with van der Waals surface area (Å²) < 4.78 is 44.6. The first-order chi connectivity index (χ1) is 34.3. The van der Waals surface area contributed by atoms with Gasteiger partial charge in [-0.15, -0.1) is 0 Å². The maximum absolute atomic E-state index is 16.5. The molecule has 3 unspecified atom stereocenters. The van der Waals surface area contributed by atoms with Gasteiger partial charge in [0.2, 0.25) is 17.7 Å². The number of fused-ring (bicyclic) bond motifs is 2. The number of carbonyl (C=O) groups is 4. The first kappa shape index (κ1) is 49.0. The molecule has 3 saturated heterocycles. The van der Waals surface area contributed by atoms with Crippen LogP contribution in [0.15, 0.2) is 66.7 Å². The molecular weight excluding hydrogens is 930 g/mol. The molecule has 4 aromatic carbocycles. The number of nitrogens with zero attached hydrogens (tertiary/aromatic N) is 3. The van der Waals surface area contributed by atoms with E-state index >= 15 is 8.78 Å². The summed E-state index contributed by atoms with van der Waals surface area (Å²) in [6.07, 6.45) is 9.41. The lowest BCUT2D eigenvalue weighted by molar-refractivity contribution is -0.138. The second-order valence-electron chi connectivity index (χ2n) is 20.4. The van der Waals surface area contributed by atoms with Gasteiger partial charge in [0, 0.05) is 79.3 Å². The highest BCUT2D eigenvalue weighted by Gasteiger charge is 2.50. The van der Waals surface area contributed by atoms with Crippen LogP contribution >= 0.6 is 11.6 Å². The fourth-order valence-electron chi connectivity index (χ4n) is 12.7. The van der Waals surface area contributed by atoms with E-state index in [9.17, 15) is 24.3 Å². The lowest BCUT2D eigenvalue weighted by Gasteiger charge is -2.43. The Morgan fingerprint density at radius 1 is 0.901 bits per heavy atom. The molecule has 5 N–H and O–H groups in total. The van der Waals surface area contributed by atoms with Gasteiger partial charge in [-0.25, -0.2) is 13.6 Å². The van der Waals surface area contributed by atoms with Crippen LogP contribution in [0.5, 0.6) is 11.5 Å². The predicted molar refractivity (Wildman–Crippen MR) is 264 cm³/mol. The van der Waals surface area contributed by atoms with Crippen LogP contribution < -0.4 is 25.8 Å². The highest BCUT2D eigenvalue weighted by atomic mass is 35.5. The maximum atomic E-state index is 16.5. The monoisotopic (exact) mass is 992 g/mol. The Bertz CT molecular complexity index is 2690. The Labute approximate surface area is 418 Å². The number of primary amides is 1. The normalized spacial score (nSPS) is 25.1. The molecule has 71 heavy (non-hydrogen) atoms. The minimum atomic E-state index is -1.10. The van der Waals surface area contributed by atoms with E-state index in [1.807, 2.05) is 42.2 Å². The number of aryl methyl sites for hydroxylation is 1. The number of rotatable bonds is 13. The summed E-state index contributed by atoms with van der Waals surface area (Å²) >= 11 is 6.73. The second-order valence-corrected chi connectivity index (χ2v) is 20.8. The van der Waals surface area contributed by atoms with E-state index in [1.54, 1.807) is 0 Å². The van der Waals surface area contributed by atoms with E-state index in [2.05, 4.69) is 38.6 Å². The quantitative estimate of drug-likeness (QED) is 0.104. The number of aliphatic hydroxyl groups is 1. The number of urea groups is 1. The van der Waals surface area contributed by atoms with Crippen LogP contribution in [-0.2, 0) is 21.6 Å². The standard InChI is InChI=1S/C55H63ClF2N6O7/c1-32-47-45(30-42(57)50(56)49(47)48-41(52(59)67)14-16-44(51(48)58)70-28-27-65)71-55(32,37-5-3-2-4-6-37)31-60-38-11-7-34(8-12-38)53(68)63-24-19-39(20-25-63)62-22-17-33(18-23-62)35-9-13-40-36(29-35)10-15-43(40)64-26-21-46(66)61-54(64)69/h2-6,9,13-14,16,29-30,32-34,38-39,43,60,65H,7-8,10-12,15,17-28,31H2,1H3,(H2,59,67)(H,61,66,69). The number of benzene rings is 4. The molecule has 0 radical (unpaired) electrons. The summed E-state index contributed by atoms with van der Waals surface area (Å²) in [6.45, 7) is 5.72. The SMILES string of the molecule is CC1c2c(cc(F)c(Cl)c2-c2c(C(N)=O)ccc(OCCO)c2F)OC1(CNC1CCC(C(=O)N2CCC(N3CCC(c4ccc5c(c4)CCC5N4CCC(=O)NC4=O)CC3)CC2)CC1)c1ccccc1. The number of nitrogens with two attached hydrogens (primary N) is 1. The Hall–Kier alpha value is -5.61. The number of hydrogen-bond acceptors (Lipinski definition) is 9. The molecular formula is C55H63ClF2N6O7. The minimum absolute atomic E-state index is 0.0272. The maximum Gasteiger partial charge on any atom is 0.324 e. The van der Waals surface area contributed by atoms with Crippen molar-refractivity contribution in [3.8, 4) is 22.6 Å². The second kappa shape index (κ2) is 20.5. The van der Waals surface area contributed by atoms with E-state index in [-0.39, 0.29) is 82.3 Å². The molecule has 0 bridgehead atoms. The third-order valence-electron chi connectivity index (χ3n) is 16.6. The number of ether oxygens (including phenoxy) is 2. The van der Waals surface area contributed by atoms with Crippen molar-refractivity contribution >= 4 is 35.4 Å². The third-order valence-corrected chi connectivity index (χ3v) is 16.9. The highest BCUT2D eigenvalue weighted by molar-refractivity contribution is 6.34. The number of hydrogen-bond donors (Lipinski definition) is 4. The number of carbonyl (C=O) groups excluding carboxylic acids is 4. The molecule has 16 heteroatoms. The number of piperidine rings is 2. The molecule has 13 nitrogen and oxygen atoms in total. The van der Waals surface area contributed by atoms with Crippen molar-refractivity contribution in [1.29, 1.82) is 0 Å². The molecule has 0 spiro atoms. The molecule has 3 atom stereocenters. The Morgan fingerprint density at radius 3 is 2.35 bits per heavy atom. The average molecular weight is 994 g/mol. The molecule has 2 aliphatic carbocycles. The van der Waals surface area contributed by atoms with Crippen molar-refractivity contribution in [2.45, 2.75) is 113 Å². The van der Waals surface area contributed by atoms with Crippen molar-refractivity contribution in [2.75, 3.05) is 52.5 Å². The molecule has 4 heterocycles. The van der Waals surface area contributed by atoms with Crippen LogP contribution in [0.25, 0.3) is 11.1 Å². The molecule has 4 fully saturated rings. The zero-order chi connectivity index (χ0) is 49.6. The van der Waals surface area contributed by atoms with E-state index < -0.39 is 29.1 Å². The molecule has 10 rings (SSSR count). The van der Waals surface area contributed by atoms with Gasteiger partial charge >= 0.3 is 6.03 Å². The largest absolute Gasteiger partial charge is 0.488 e. The number of imide groups is 1. The van der Waals surface area contributed by atoms with Gasteiger partial charge in [0.05, 0.1) is 23.2 Å². The van der Waals surface area contributed by atoms with Crippen molar-refractivity contribution in [3.05, 3.63) is 117 Å². The topological polar surface area (TPSA) is 167 Å². The van der Waals surface area contributed by atoms with Gasteiger partial charge in [-0.05, 0) is 118 Å². The molecule has 4 aliphatic heterocycles. The summed E-state index contributed by atoms with van der Waals surface area (Å²) in [5.74, 6) is -2.88. The summed E-state index contributed by atoms with van der Waals surface area (Å²) in [5, 5.41) is 15.2. The van der Waals surface area contributed by atoms with Crippen molar-refractivity contribution in [3.63, 3.8) is 0 Å². The summed E-state index contributed by atoms with van der Waals surface area (Å²) in [6, 6.07) is 20.5. The molecule has 1 saturated carbocycles. The number of nitrogens with one attached hydrogen (secondary N) is 2. The first-order valence-corrected chi connectivity index (χ1v) is 25.8. The van der Waals surface area contributed by atoms with E-state index in [0.717, 1.165) is 96.0 Å². The van der Waals surface area contributed by atoms with Crippen molar-refractivity contribution < 1.29 is 42.5 Å². The predicted octanol–water partition coefficient (Wildman–Crippen LogP) is 8.09. The summed E-state index contributed by atoms with van der Waals surface area (Å²) in [7, 11) is 0. The highest BCUT2D eigenvalue weighted by Crippen LogP contribution is 2.56. The number of amides is 5. The number of aliphatic hydroxyl groups excluding tert-OH is 1. The van der Waals surface area contributed by atoms with Gasteiger partial charge in [-0.3, -0.25) is 19.7 Å². The Balaban J connectivity index is 0.742. The van der Waals surface area contributed by atoms with Crippen molar-refractivity contribution in [2.24, 2.45) is 11.7 Å². The van der Waals surface area contributed by atoms with E-state index in [4.69, 9.17) is 26.8 Å². The molecule has 0 aromatic heterocycles. The molecule has 376 valence electrons. The summed E-state index contributed by atoms with van der Waals surface area (Å²) in [5.41, 5.74) is 9.27. The van der Waals surface area contributed by atoms with Crippen LogP contribution in [0.1, 0.15) is 127 Å². The zero-order valence-electron chi connectivity index (χ0n) is 40.2. The van der Waals surface area contributed by atoms with Crippen LogP contribution in [0.3, 0.4) is 0 Å². The zero-order valence-corrected chi connectivity index (χ0v) is 41.0. The smallest absolute Gasteiger partial charge is 0.324 e.